The second kappa shape index (κ2) is 8.69. The van der Waals surface area contributed by atoms with Gasteiger partial charge in [-0.3, -0.25) is 9.36 Å². The van der Waals surface area contributed by atoms with Crippen molar-refractivity contribution < 1.29 is 4.79 Å². The molecule has 0 atom stereocenters. The first-order valence-electron chi connectivity index (χ1n) is 11.6. The number of fused-ring (bicyclic) bond motifs is 1. The van der Waals surface area contributed by atoms with Crippen molar-refractivity contribution >= 4 is 28.6 Å². The molecular weight excluding hydrogens is 406 g/mol. The summed E-state index contributed by atoms with van der Waals surface area (Å²) >= 11 is 1.54. The highest BCUT2D eigenvalue weighted by Crippen LogP contribution is 2.42. The van der Waals surface area contributed by atoms with Crippen molar-refractivity contribution in [3.05, 3.63) is 30.5 Å². The van der Waals surface area contributed by atoms with Crippen LogP contribution in [0.25, 0.3) is 22.3 Å². The number of para-hydroxylation sites is 1. The lowest BCUT2D eigenvalue weighted by atomic mass is 9.93. The van der Waals surface area contributed by atoms with Gasteiger partial charge in [-0.25, -0.2) is 0 Å². The molecule has 3 aromatic rings. The van der Waals surface area contributed by atoms with Crippen LogP contribution in [0.1, 0.15) is 64.8 Å². The lowest BCUT2D eigenvalue weighted by Crippen LogP contribution is -2.46. The van der Waals surface area contributed by atoms with Crippen LogP contribution in [-0.2, 0) is 4.79 Å². The molecule has 2 aromatic heterocycles. The van der Waals surface area contributed by atoms with Crippen molar-refractivity contribution in [1.29, 1.82) is 0 Å². The van der Waals surface area contributed by atoms with E-state index in [2.05, 4.69) is 56.7 Å². The van der Waals surface area contributed by atoms with E-state index in [1.807, 2.05) is 12.3 Å². The molecule has 2 saturated carbocycles. The molecule has 2 fully saturated rings. The number of H-pyrrole nitrogens is 1. The minimum atomic E-state index is 0.228. The summed E-state index contributed by atoms with van der Waals surface area (Å²) in [4.78, 5) is 18.7. The fourth-order valence-corrected chi connectivity index (χ4v) is 5.83. The lowest BCUT2D eigenvalue weighted by Gasteiger charge is -2.37. The first kappa shape index (κ1) is 20.6. The fourth-order valence-electron chi connectivity index (χ4n) is 4.95. The number of amides is 1. The molecule has 0 aliphatic heterocycles. The summed E-state index contributed by atoms with van der Waals surface area (Å²) in [6, 6.07) is 9.36. The molecule has 2 aliphatic rings. The molecule has 1 aromatic carbocycles. The van der Waals surface area contributed by atoms with Crippen molar-refractivity contribution in [1.82, 2.24) is 24.6 Å². The quantitative estimate of drug-likeness (QED) is 0.501. The Balaban J connectivity index is 1.37. The van der Waals surface area contributed by atoms with Crippen molar-refractivity contribution in [2.24, 2.45) is 0 Å². The zero-order valence-electron chi connectivity index (χ0n) is 18.4. The van der Waals surface area contributed by atoms with Crippen molar-refractivity contribution in [3.8, 4) is 11.4 Å². The van der Waals surface area contributed by atoms with Crippen LogP contribution in [0.5, 0.6) is 0 Å². The van der Waals surface area contributed by atoms with E-state index >= 15 is 0 Å². The van der Waals surface area contributed by atoms with Gasteiger partial charge in [-0.1, -0.05) is 49.2 Å². The Morgan fingerprint density at radius 1 is 1.16 bits per heavy atom. The van der Waals surface area contributed by atoms with Gasteiger partial charge in [0.2, 0.25) is 5.91 Å². The van der Waals surface area contributed by atoms with Gasteiger partial charge in [0.15, 0.2) is 11.0 Å². The summed E-state index contributed by atoms with van der Waals surface area (Å²) in [5.74, 6) is 1.56. The van der Waals surface area contributed by atoms with Gasteiger partial charge in [0.25, 0.3) is 0 Å². The Labute approximate surface area is 187 Å². The Kier molecular flexibility index (Phi) is 5.78. The number of hydrogen-bond donors (Lipinski definition) is 1. The SMILES string of the molecule is CC(C)N(C(=O)CSc1nnc(-c2c[nH]c3ccccc23)n1C1CC1)C1CCCCC1. The van der Waals surface area contributed by atoms with Gasteiger partial charge < -0.3 is 9.88 Å². The van der Waals surface area contributed by atoms with E-state index in [4.69, 9.17) is 0 Å². The number of hydrogen-bond acceptors (Lipinski definition) is 4. The topological polar surface area (TPSA) is 66.8 Å². The second-order valence-electron chi connectivity index (χ2n) is 9.13. The second-order valence-corrected chi connectivity index (χ2v) is 10.1. The van der Waals surface area contributed by atoms with E-state index in [0.29, 0.717) is 17.8 Å². The molecule has 1 amide bonds. The van der Waals surface area contributed by atoms with E-state index in [0.717, 1.165) is 53.1 Å². The van der Waals surface area contributed by atoms with Gasteiger partial charge in [0.1, 0.15) is 0 Å². The van der Waals surface area contributed by atoms with Crippen LogP contribution >= 0.6 is 11.8 Å². The molecule has 0 saturated heterocycles. The number of aromatic amines is 1. The van der Waals surface area contributed by atoms with Crippen LogP contribution in [0.3, 0.4) is 0 Å². The molecular formula is C24H31N5OS. The van der Waals surface area contributed by atoms with E-state index in [9.17, 15) is 4.79 Å². The number of benzene rings is 1. The number of nitrogens with zero attached hydrogens (tertiary/aromatic N) is 4. The Morgan fingerprint density at radius 2 is 1.94 bits per heavy atom. The molecule has 5 rings (SSSR count). The zero-order valence-corrected chi connectivity index (χ0v) is 19.2. The molecule has 0 radical (unpaired) electrons. The highest BCUT2D eigenvalue weighted by atomic mass is 32.2. The largest absolute Gasteiger partial charge is 0.360 e. The lowest BCUT2D eigenvalue weighted by molar-refractivity contribution is -0.133. The van der Waals surface area contributed by atoms with Gasteiger partial charge in [-0.2, -0.15) is 0 Å². The van der Waals surface area contributed by atoms with E-state index in [-0.39, 0.29) is 11.9 Å². The third kappa shape index (κ3) is 4.12. The third-order valence-corrected chi connectivity index (χ3v) is 7.47. The van der Waals surface area contributed by atoms with Crippen LogP contribution < -0.4 is 0 Å². The van der Waals surface area contributed by atoms with Crippen molar-refractivity contribution in [2.45, 2.75) is 82.1 Å². The summed E-state index contributed by atoms with van der Waals surface area (Å²) in [5, 5.41) is 11.1. The highest BCUT2D eigenvalue weighted by Gasteiger charge is 2.32. The number of rotatable bonds is 7. The first-order chi connectivity index (χ1) is 15.1. The molecule has 2 heterocycles. The zero-order chi connectivity index (χ0) is 21.4. The molecule has 6 nitrogen and oxygen atoms in total. The molecule has 0 spiro atoms. The normalized spacial score (nSPS) is 17.5. The number of thioether (sulfide) groups is 1. The Bertz CT molecular complexity index is 1060. The number of aromatic nitrogens is 4. The fraction of sp³-hybridized carbons (Fsp3) is 0.542. The summed E-state index contributed by atoms with van der Waals surface area (Å²) in [6.45, 7) is 4.28. The molecule has 31 heavy (non-hydrogen) atoms. The van der Waals surface area contributed by atoms with Gasteiger partial charge in [0, 0.05) is 40.8 Å². The number of carbonyl (C=O) groups is 1. The van der Waals surface area contributed by atoms with Gasteiger partial charge in [-0.15, -0.1) is 10.2 Å². The van der Waals surface area contributed by atoms with Crippen LogP contribution in [0.2, 0.25) is 0 Å². The number of nitrogens with one attached hydrogen (secondary N) is 1. The van der Waals surface area contributed by atoms with E-state index in [1.54, 1.807) is 11.8 Å². The average molecular weight is 438 g/mol. The maximum absolute atomic E-state index is 13.2. The molecule has 1 N–H and O–H groups in total. The van der Waals surface area contributed by atoms with Gasteiger partial charge in [-0.05, 0) is 45.6 Å². The Hall–Kier alpha value is -2.28. The number of carbonyl (C=O) groups excluding carboxylic acids is 1. The maximum Gasteiger partial charge on any atom is 0.233 e. The van der Waals surface area contributed by atoms with Crippen molar-refractivity contribution in [3.63, 3.8) is 0 Å². The summed E-state index contributed by atoms with van der Waals surface area (Å²) < 4.78 is 2.26. The predicted molar refractivity (Wildman–Crippen MR) is 125 cm³/mol. The monoisotopic (exact) mass is 437 g/mol. The van der Waals surface area contributed by atoms with Crippen LogP contribution in [0.15, 0.2) is 35.6 Å². The summed E-state index contributed by atoms with van der Waals surface area (Å²) in [6.07, 6.45) is 10.4. The minimum absolute atomic E-state index is 0.228. The van der Waals surface area contributed by atoms with Crippen LogP contribution in [0.4, 0.5) is 0 Å². The standard InChI is InChI=1S/C24H31N5OS/c1-16(2)28(17-8-4-3-5-9-17)22(30)15-31-24-27-26-23(29(24)18-12-13-18)20-14-25-21-11-7-6-10-19(20)21/h6-7,10-11,14,16-18,25H,3-5,8-9,12-13,15H2,1-2H3. The summed E-state index contributed by atoms with van der Waals surface area (Å²) in [7, 11) is 0. The Morgan fingerprint density at radius 3 is 2.68 bits per heavy atom. The third-order valence-electron chi connectivity index (χ3n) is 6.54. The molecule has 2 aliphatic carbocycles. The van der Waals surface area contributed by atoms with Gasteiger partial charge >= 0.3 is 0 Å². The highest BCUT2D eigenvalue weighted by molar-refractivity contribution is 7.99. The molecule has 164 valence electrons. The smallest absolute Gasteiger partial charge is 0.233 e. The van der Waals surface area contributed by atoms with Crippen molar-refractivity contribution in [2.75, 3.05) is 5.75 Å². The molecule has 7 heteroatoms. The van der Waals surface area contributed by atoms with Crippen LogP contribution in [0, 0.1) is 0 Å². The molecule has 0 bridgehead atoms. The average Bonchev–Trinajstić information content (AvgIpc) is 3.39. The maximum atomic E-state index is 13.2. The van der Waals surface area contributed by atoms with E-state index in [1.165, 1.54) is 19.3 Å². The van der Waals surface area contributed by atoms with E-state index < -0.39 is 0 Å². The molecule has 0 unspecified atom stereocenters. The predicted octanol–water partition coefficient (Wildman–Crippen LogP) is 5.42. The van der Waals surface area contributed by atoms with Crippen LogP contribution in [-0.4, -0.2) is 48.4 Å². The first-order valence-corrected chi connectivity index (χ1v) is 12.6. The van der Waals surface area contributed by atoms with Gasteiger partial charge in [0.05, 0.1) is 5.75 Å². The summed E-state index contributed by atoms with van der Waals surface area (Å²) in [5.41, 5.74) is 2.19. The minimum Gasteiger partial charge on any atom is -0.360 e.